The average molecular weight is 200 g/mol. The molecule has 0 spiro atoms. The van der Waals surface area contributed by atoms with Gasteiger partial charge in [0.1, 0.15) is 0 Å². The number of rotatable bonds is 7. The molecular formula is C11H24N2O. The topological polar surface area (TPSA) is 35.5 Å². The van der Waals surface area contributed by atoms with E-state index in [1.165, 1.54) is 19.3 Å². The van der Waals surface area contributed by atoms with Crippen LogP contribution in [0.2, 0.25) is 0 Å². The van der Waals surface area contributed by atoms with Crippen LogP contribution in [0.25, 0.3) is 0 Å². The summed E-state index contributed by atoms with van der Waals surface area (Å²) < 4.78 is 0. The summed E-state index contributed by atoms with van der Waals surface area (Å²) in [6, 6.07) is 0.631. The fourth-order valence-electron chi connectivity index (χ4n) is 1.92. The van der Waals surface area contributed by atoms with Gasteiger partial charge in [0.2, 0.25) is 0 Å². The Hall–Kier alpha value is -0.120. The minimum atomic E-state index is -0.238. The van der Waals surface area contributed by atoms with Crippen LogP contribution in [0, 0.1) is 5.92 Å². The molecule has 1 fully saturated rings. The Morgan fingerprint density at radius 3 is 2.50 bits per heavy atom. The molecule has 3 nitrogen and oxygen atoms in total. The summed E-state index contributed by atoms with van der Waals surface area (Å²) in [5.41, 5.74) is 0. The normalized spacial score (nSPS) is 21.2. The van der Waals surface area contributed by atoms with E-state index >= 15 is 0 Å². The predicted octanol–water partition coefficient (Wildman–Crippen LogP) is 0.687. The minimum Gasteiger partial charge on any atom is -0.390 e. The number of aliphatic hydroxyl groups excluding tert-OH is 1. The molecule has 0 saturated heterocycles. The van der Waals surface area contributed by atoms with E-state index in [-0.39, 0.29) is 6.10 Å². The van der Waals surface area contributed by atoms with Gasteiger partial charge < -0.3 is 15.3 Å². The third-order valence-electron chi connectivity index (χ3n) is 2.82. The van der Waals surface area contributed by atoms with Gasteiger partial charge >= 0.3 is 0 Å². The van der Waals surface area contributed by atoms with Crippen molar-refractivity contribution in [1.82, 2.24) is 10.2 Å². The average Bonchev–Trinajstić information content (AvgIpc) is 2.87. The van der Waals surface area contributed by atoms with Gasteiger partial charge in [-0.05, 0) is 39.3 Å². The van der Waals surface area contributed by atoms with Crippen molar-refractivity contribution in [3.63, 3.8) is 0 Å². The van der Waals surface area contributed by atoms with Gasteiger partial charge in [-0.3, -0.25) is 0 Å². The second-order valence-corrected chi connectivity index (χ2v) is 4.68. The van der Waals surface area contributed by atoms with Crippen LogP contribution in [0.15, 0.2) is 0 Å². The van der Waals surface area contributed by atoms with Crippen LogP contribution in [0.4, 0.5) is 0 Å². The van der Waals surface area contributed by atoms with E-state index in [1.54, 1.807) is 0 Å². The van der Waals surface area contributed by atoms with E-state index in [0.717, 1.165) is 19.0 Å². The summed E-state index contributed by atoms with van der Waals surface area (Å²) >= 11 is 0. The van der Waals surface area contributed by atoms with Crippen molar-refractivity contribution in [3.05, 3.63) is 0 Å². The third-order valence-corrected chi connectivity index (χ3v) is 2.82. The van der Waals surface area contributed by atoms with Gasteiger partial charge in [-0.25, -0.2) is 0 Å². The molecule has 2 unspecified atom stereocenters. The SMILES string of the molecule is CCC(NCC(O)CN(C)C)C1CC1. The Morgan fingerprint density at radius 2 is 2.07 bits per heavy atom. The number of aliphatic hydroxyl groups is 1. The summed E-state index contributed by atoms with van der Waals surface area (Å²) in [6.07, 6.45) is 3.68. The van der Waals surface area contributed by atoms with Crippen molar-refractivity contribution in [2.45, 2.75) is 38.3 Å². The van der Waals surface area contributed by atoms with Gasteiger partial charge in [0.15, 0.2) is 0 Å². The highest BCUT2D eigenvalue weighted by molar-refractivity contribution is 4.86. The van der Waals surface area contributed by atoms with Crippen LogP contribution in [0.1, 0.15) is 26.2 Å². The molecule has 0 aliphatic heterocycles. The van der Waals surface area contributed by atoms with Crippen LogP contribution < -0.4 is 5.32 Å². The van der Waals surface area contributed by atoms with E-state index < -0.39 is 0 Å². The summed E-state index contributed by atoms with van der Waals surface area (Å²) in [4.78, 5) is 2.02. The molecule has 0 bridgehead atoms. The summed E-state index contributed by atoms with van der Waals surface area (Å²) in [5, 5.41) is 13.1. The van der Waals surface area contributed by atoms with E-state index in [0.29, 0.717) is 6.04 Å². The molecule has 2 atom stereocenters. The molecule has 3 heteroatoms. The molecule has 0 aromatic carbocycles. The smallest absolute Gasteiger partial charge is 0.0791 e. The lowest BCUT2D eigenvalue weighted by Crippen LogP contribution is -2.40. The molecule has 0 aromatic rings. The lowest BCUT2D eigenvalue weighted by molar-refractivity contribution is 0.130. The van der Waals surface area contributed by atoms with Crippen molar-refractivity contribution < 1.29 is 5.11 Å². The molecular weight excluding hydrogens is 176 g/mol. The first-order chi connectivity index (χ1) is 6.63. The van der Waals surface area contributed by atoms with Crippen molar-refractivity contribution in [3.8, 4) is 0 Å². The molecule has 0 amide bonds. The molecule has 0 aromatic heterocycles. The summed E-state index contributed by atoms with van der Waals surface area (Å²) in [6.45, 7) is 3.69. The van der Waals surface area contributed by atoms with Crippen molar-refractivity contribution in [2.75, 3.05) is 27.2 Å². The standard InChI is InChI=1S/C11H24N2O/c1-4-11(9-5-6-9)12-7-10(14)8-13(2)3/h9-12,14H,4-8H2,1-3H3. The minimum absolute atomic E-state index is 0.238. The molecule has 84 valence electrons. The second-order valence-electron chi connectivity index (χ2n) is 4.68. The number of likely N-dealkylation sites (N-methyl/N-ethyl adjacent to an activating group) is 1. The lowest BCUT2D eigenvalue weighted by atomic mass is 10.1. The zero-order valence-corrected chi connectivity index (χ0v) is 9.66. The quantitative estimate of drug-likeness (QED) is 0.634. The van der Waals surface area contributed by atoms with E-state index in [4.69, 9.17) is 0 Å². The zero-order valence-electron chi connectivity index (χ0n) is 9.66. The number of nitrogens with one attached hydrogen (secondary N) is 1. The maximum Gasteiger partial charge on any atom is 0.0791 e. The molecule has 2 N–H and O–H groups in total. The van der Waals surface area contributed by atoms with E-state index in [9.17, 15) is 5.11 Å². The Balaban J connectivity index is 2.10. The molecule has 1 rings (SSSR count). The van der Waals surface area contributed by atoms with Gasteiger partial charge in [-0.15, -0.1) is 0 Å². The molecule has 14 heavy (non-hydrogen) atoms. The van der Waals surface area contributed by atoms with Crippen molar-refractivity contribution in [2.24, 2.45) is 5.92 Å². The molecule has 0 heterocycles. The zero-order chi connectivity index (χ0) is 10.6. The highest BCUT2D eigenvalue weighted by atomic mass is 16.3. The van der Waals surface area contributed by atoms with E-state index in [1.807, 2.05) is 19.0 Å². The maximum absolute atomic E-state index is 9.66. The lowest BCUT2D eigenvalue weighted by Gasteiger charge is -2.21. The van der Waals surface area contributed by atoms with Gasteiger partial charge in [0, 0.05) is 19.1 Å². The molecule has 1 saturated carbocycles. The third kappa shape index (κ3) is 4.40. The summed E-state index contributed by atoms with van der Waals surface area (Å²) in [7, 11) is 3.98. The number of hydrogen-bond donors (Lipinski definition) is 2. The van der Waals surface area contributed by atoms with Crippen LogP contribution in [-0.2, 0) is 0 Å². The Bertz CT molecular complexity index is 157. The Labute approximate surface area is 87.5 Å². The highest BCUT2D eigenvalue weighted by Gasteiger charge is 2.29. The molecule has 0 radical (unpaired) electrons. The van der Waals surface area contributed by atoms with Gasteiger partial charge in [0.05, 0.1) is 6.10 Å². The van der Waals surface area contributed by atoms with Gasteiger partial charge in [0.25, 0.3) is 0 Å². The van der Waals surface area contributed by atoms with Crippen LogP contribution in [0.5, 0.6) is 0 Å². The first-order valence-corrected chi connectivity index (χ1v) is 5.69. The number of nitrogens with zero attached hydrogens (tertiary/aromatic N) is 1. The first-order valence-electron chi connectivity index (χ1n) is 5.69. The Kier molecular flexibility index (Phi) is 4.85. The molecule has 1 aliphatic rings. The van der Waals surface area contributed by atoms with Crippen molar-refractivity contribution in [1.29, 1.82) is 0 Å². The maximum atomic E-state index is 9.66. The Morgan fingerprint density at radius 1 is 1.43 bits per heavy atom. The van der Waals surface area contributed by atoms with E-state index in [2.05, 4.69) is 12.2 Å². The summed E-state index contributed by atoms with van der Waals surface area (Å²) in [5.74, 6) is 0.881. The fourth-order valence-corrected chi connectivity index (χ4v) is 1.92. The highest BCUT2D eigenvalue weighted by Crippen LogP contribution is 2.33. The predicted molar refractivity (Wildman–Crippen MR) is 59.4 cm³/mol. The monoisotopic (exact) mass is 200 g/mol. The van der Waals surface area contributed by atoms with Crippen molar-refractivity contribution >= 4 is 0 Å². The first kappa shape index (κ1) is 12.0. The van der Waals surface area contributed by atoms with Crippen LogP contribution in [-0.4, -0.2) is 49.3 Å². The van der Waals surface area contributed by atoms with Gasteiger partial charge in [-0.1, -0.05) is 6.92 Å². The van der Waals surface area contributed by atoms with Gasteiger partial charge in [-0.2, -0.15) is 0 Å². The fraction of sp³-hybridized carbons (Fsp3) is 1.00. The van der Waals surface area contributed by atoms with Crippen LogP contribution in [0.3, 0.4) is 0 Å². The largest absolute Gasteiger partial charge is 0.390 e. The molecule has 1 aliphatic carbocycles. The second kappa shape index (κ2) is 5.69. The number of hydrogen-bond acceptors (Lipinski definition) is 3. The van der Waals surface area contributed by atoms with Crippen LogP contribution >= 0.6 is 0 Å².